The number of benzene rings is 1. The van der Waals surface area contributed by atoms with Gasteiger partial charge in [-0.05, 0) is 52.2 Å². The van der Waals surface area contributed by atoms with Gasteiger partial charge in [-0.1, -0.05) is 19.3 Å². The third kappa shape index (κ3) is 5.31. The van der Waals surface area contributed by atoms with E-state index in [-0.39, 0.29) is 36.4 Å². The number of nitrogens with one attached hydrogen (secondary N) is 2. The molecule has 0 atom stereocenters. The lowest BCUT2D eigenvalue weighted by Crippen LogP contribution is -2.45. The summed E-state index contributed by atoms with van der Waals surface area (Å²) in [6, 6.07) is 2.73. The van der Waals surface area contributed by atoms with Gasteiger partial charge < -0.3 is 15.5 Å². The molecule has 2 aromatic rings. The molecule has 0 amide bonds. The quantitative estimate of drug-likeness (QED) is 0.450. The van der Waals surface area contributed by atoms with Gasteiger partial charge in [0.15, 0.2) is 0 Å². The Morgan fingerprint density at radius 3 is 2.59 bits per heavy atom. The molecule has 1 fully saturated rings. The molecule has 1 aromatic heterocycles. The number of nitrogens with zero attached hydrogens (tertiary/aromatic N) is 2. The Balaban J connectivity index is 1.93. The Morgan fingerprint density at radius 2 is 1.94 bits per heavy atom. The monoisotopic (exact) mass is 448 g/mol. The van der Waals surface area contributed by atoms with E-state index in [0.717, 1.165) is 30.4 Å². The highest BCUT2D eigenvalue weighted by Gasteiger charge is 2.20. The van der Waals surface area contributed by atoms with E-state index in [1.165, 1.54) is 17.1 Å². The van der Waals surface area contributed by atoms with Crippen LogP contribution in [-0.4, -0.2) is 34.4 Å². The van der Waals surface area contributed by atoms with Crippen molar-refractivity contribution in [3.8, 4) is 0 Å². The summed E-state index contributed by atoms with van der Waals surface area (Å²) in [5, 5.41) is 3.39. The third-order valence-corrected chi connectivity index (χ3v) is 5.79. The van der Waals surface area contributed by atoms with E-state index in [1.54, 1.807) is 13.0 Å². The van der Waals surface area contributed by atoms with Gasteiger partial charge in [0.2, 0.25) is 0 Å². The Bertz CT molecular complexity index is 1070. The third-order valence-electron chi connectivity index (χ3n) is 5.79. The molecule has 0 radical (unpaired) electrons. The second-order valence-electron chi connectivity index (χ2n) is 8.53. The number of hydrogen-bond acceptors (Lipinski definition) is 6. The minimum atomic E-state index is -0.610. The molecule has 2 N–H and O–H groups in total. The first-order valence-electron chi connectivity index (χ1n) is 11.5. The van der Waals surface area contributed by atoms with E-state index < -0.39 is 17.1 Å². The van der Waals surface area contributed by atoms with Gasteiger partial charge in [0, 0.05) is 25.0 Å². The van der Waals surface area contributed by atoms with Crippen LogP contribution < -0.4 is 22.0 Å². The number of aromatic nitrogens is 2. The van der Waals surface area contributed by atoms with E-state index in [2.05, 4.69) is 10.7 Å². The smallest absolute Gasteiger partial charge is 0.350 e. The van der Waals surface area contributed by atoms with Crippen LogP contribution in [0.15, 0.2) is 21.7 Å². The van der Waals surface area contributed by atoms with Gasteiger partial charge in [0.05, 0.1) is 23.2 Å². The minimum Gasteiger partial charge on any atom is -0.466 e. The number of halogens is 1. The average Bonchev–Trinajstić information content (AvgIpc) is 2.75. The van der Waals surface area contributed by atoms with Crippen molar-refractivity contribution in [2.45, 2.75) is 77.8 Å². The van der Waals surface area contributed by atoms with E-state index in [1.807, 2.05) is 13.8 Å². The van der Waals surface area contributed by atoms with Crippen LogP contribution in [0.1, 0.15) is 71.8 Å². The molecule has 3 rings (SSSR count). The first-order chi connectivity index (χ1) is 15.3. The molecule has 0 spiro atoms. The number of rotatable bonds is 9. The molecule has 8 nitrogen and oxygen atoms in total. The number of fused-ring (bicyclic) bond motifs is 1. The lowest BCUT2D eigenvalue weighted by molar-refractivity contribution is -0.143. The fourth-order valence-electron chi connectivity index (χ4n) is 4.22. The van der Waals surface area contributed by atoms with Crippen molar-refractivity contribution in [2.24, 2.45) is 0 Å². The normalized spacial score (nSPS) is 14.7. The Hall–Kier alpha value is -2.84. The van der Waals surface area contributed by atoms with E-state index in [4.69, 9.17) is 4.74 Å². The van der Waals surface area contributed by atoms with E-state index in [0.29, 0.717) is 24.2 Å². The van der Waals surface area contributed by atoms with Crippen LogP contribution in [0, 0.1) is 5.82 Å². The maximum absolute atomic E-state index is 14.9. The lowest BCUT2D eigenvalue weighted by Gasteiger charge is -2.25. The van der Waals surface area contributed by atoms with Crippen molar-refractivity contribution in [1.82, 2.24) is 9.24 Å². The molecule has 1 heterocycles. The van der Waals surface area contributed by atoms with Crippen molar-refractivity contribution in [3.05, 3.63) is 38.8 Å². The molecule has 1 aliphatic rings. The molecule has 0 aliphatic heterocycles. The van der Waals surface area contributed by atoms with Crippen LogP contribution >= 0.6 is 0 Å². The molecular formula is C23H33FN4O4. The second-order valence-corrected chi connectivity index (χ2v) is 8.53. The zero-order chi connectivity index (χ0) is 23.3. The number of hydrogen-bond donors (Lipinski definition) is 2. The average molecular weight is 449 g/mol. The predicted octanol–water partition coefficient (Wildman–Crippen LogP) is 3.51. The SMILES string of the molecule is CCOC(=O)CCCNn1c(=O)c2cc(F)c(NC3CCCCC3)cc2n(C(C)C)c1=O. The summed E-state index contributed by atoms with van der Waals surface area (Å²) >= 11 is 0. The van der Waals surface area contributed by atoms with Gasteiger partial charge in [-0.15, -0.1) is 0 Å². The van der Waals surface area contributed by atoms with Crippen LogP contribution in [0.2, 0.25) is 0 Å². The van der Waals surface area contributed by atoms with Gasteiger partial charge >= 0.3 is 11.7 Å². The van der Waals surface area contributed by atoms with Crippen LogP contribution in [0.5, 0.6) is 0 Å². The van der Waals surface area contributed by atoms with Crippen molar-refractivity contribution < 1.29 is 13.9 Å². The molecule has 1 saturated carbocycles. The van der Waals surface area contributed by atoms with Gasteiger partial charge in [-0.25, -0.2) is 9.18 Å². The standard InChI is InChI=1S/C23H33FN4O4/c1-4-32-21(29)11-8-12-25-28-22(30)17-13-18(24)19(26-16-9-6-5-7-10-16)14-20(17)27(15(2)3)23(28)31/h13-16,25-26H,4-12H2,1-3H3. The fourth-order valence-corrected chi connectivity index (χ4v) is 4.22. The Kier molecular flexibility index (Phi) is 7.93. The molecule has 32 heavy (non-hydrogen) atoms. The maximum Gasteiger partial charge on any atom is 0.350 e. The molecule has 1 aromatic carbocycles. The molecule has 0 bridgehead atoms. The topological polar surface area (TPSA) is 94.4 Å². The number of carbonyl (C=O) groups excluding carboxylic acids is 1. The van der Waals surface area contributed by atoms with Gasteiger partial charge in [0.1, 0.15) is 5.82 Å². The van der Waals surface area contributed by atoms with Gasteiger partial charge in [-0.3, -0.25) is 14.2 Å². The van der Waals surface area contributed by atoms with E-state index in [9.17, 15) is 18.8 Å². The predicted molar refractivity (Wildman–Crippen MR) is 123 cm³/mol. The Morgan fingerprint density at radius 1 is 1.22 bits per heavy atom. The van der Waals surface area contributed by atoms with Crippen molar-refractivity contribution in [2.75, 3.05) is 23.9 Å². The van der Waals surface area contributed by atoms with Crippen LogP contribution in [-0.2, 0) is 9.53 Å². The van der Waals surface area contributed by atoms with Crippen LogP contribution in [0.25, 0.3) is 10.9 Å². The molecule has 0 unspecified atom stereocenters. The van der Waals surface area contributed by atoms with E-state index >= 15 is 0 Å². The summed E-state index contributed by atoms with van der Waals surface area (Å²) < 4.78 is 22.2. The summed E-state index contributed by atoms with van der Waals surface area (Å²) in [5.74, 6) is -0.845. The number of ether oxygens (including phenoxy) is 1. The number of esters is 1. The van der Waals surface area contributed by atoms with Crippen molar-refractivity contribution in [3.63, 3.8) is 0 Å². The molecule has 9 heteroatoms. The fraction of sp³-hybridized carbons (Fsp3) is 0.609. The molecule has 0 saturated heterocycles. The zero-order valence-corrected chi connectivity index (χ0v) is 19.1. The first kappa shape index (κ1) is 23.8. The summed E-state index contributed by atoms with van der Waals surface area (Å²) in [6.07, 6.45) is 5.93. The van der Waals surface area contributed by atoms with Gasteiger partial charge in [-0.2, -0.15) is 4.68 Å². The zero-order valence-electron chi connectivity index (χ0n) is 19.1. The largest absolute Gasteiger partial charge is 0.466 e. The molecule has 176 valence electrons. The Labute approximate surface area is 186 Å². The number of carbonyl (C=O) groups is 1. The highest BCUT2D eigenvalue weighted by Crippen LogP contribution is 2.26. The lowest BCUT2D eigenvalue weighted by atomic mass is 9.95. The second kappa shape index (κ2) is 10.7. The van der Waals surface area contributed by atoms with Crippen molar-refractivity contribution in [1.29, 1.82) is 0 Å². The highest BCUT2D eigenvalue weighted by molar-refractivity contribution is 5.82. The summed E-state index contributed by atoms with van der Waals surface area (Å²) in [4.78, 5) is 37.6. The van der Waals surface area contributed by atoms with Crippen LogP contribution in [0.3, 0.4) is 0 Å². The summed E-state index contributed by atoms with van der Waals surface area (Å²) in [5.41, 5.74) is 2.38. The molecule has 1 aliphatic carbocycles. The van der Waals surface area contributed by atoms with Gasteiger partial charge in [0.25, 0.3) is 5.56 Å². The summed E-state index contributed by atoms with van der Waals surface area (Å²) in [7, 11) is 0. The highest BCUT2D eigenvalue weighted by atomic mass is 19.1. The summed E-state index contributed by atoms with van der Waals surface area (Å²) in [6.45, 7) is 5.94. The minimum absolute atomic E-state index is 0.128. The van der Waals surface area contributed by atoms with Crippen LogP contribution in [0.4, 0.5) is 10.1 Å². The first-order valence-corrected chi connectivity index (χ1v) is 11.5. The molecular weight excluding hydrogens is 415 g/mol. The maximum atomic E-state index is 14.9. The van der Waals surface area contributed by atoms with Crippen molar-refractivity contribution >= 4 is 22.6 Å². The number of anilines is 1.